The third-order valence-electron chi connectivity index (χ3n) is 2.39. The third-order valence-corrected chi connectivity index (χ3v) is 3.43. The van der Waals surface area contributed by atoms with Crippen LogP contribution in [0.25, 0.3) is 0 Å². The number of nitrogens with zero attached hydrogens (tertiary/aromatic N) is 2. The van der Waals surface area contributed by atoms with Crippen molar-refractivity contribution in [3.8, 4) is 0 Å². The van der Waals surface area contributed by atoms with Crippen LogP contribution in [0.4, 0.5) is 10.7 Å². The molecule has 0 aliphatic heterocycles. The van der Waals surface area contributed by atoms with Gasteiger partial charge >= 0.3 is 5.00 Å². The van der Waals surface area contributed by atoms with Crippen molar-refractivity contribution < 1.29 is 4.92 Å². The van der Waals surface area contributed by atoms with Crippen LogP contribution < -0.4 is 5.32 Å². The Morgan fingerprint density at radius 1 is 1.53 bits per heavy atom. The lowest BCUT2D eigenvalue weighted by atomic mass is 10.3. The van der Waals surface area contributed by atoms with Crippen LogP contribution in [0.1, 0.15) is 16.3 Å². The van der Waals surface area contributed by atoms with Crippen molar-refractivity contribution >= 4 is 22.0 Å². The minimum Gasteiger partial charge on any atom is -0.377 e. The molecule has 0 atom stereocenters. The van der Waals surface area contributed by atoms with Gasteiger partial charge in [0.1, 0.15) is 0 Å². The summed E-state index contributed by atoms with van der Waals surface area (Å²) in [6.07, 6.45) is 0. The number of rotatable bonds is 4. The fourth-order valence-electron chi connectivity index (χ4n) is 1.55. The van der Waals surface area contributed by atoms with E-state index in [1.807, 2.05) is 13.8 Å². The van der Waals surface area contributed by atoms with E-state index in [0.717, 1.165) is 22.0 Å². The first-order valence-corrected chi connectivity index (χ1v) is 5.88. The van der Waals surface area contributed by atoms with Crippen molar-refractivity contribution in [3.05, 3.63) is 38.5 Å². The quantitative estimate of drug-likeness (QED) is 0.647. The number of aryl methyl sites for hydroxylation is 2. The Balaban J connectivity index is 2.05. The lowest BCUT2D eigenvalue weighted by Gasteiger charge is -2.03. The minimum absolute atomic E-state index is 0.169. The van der Waals surface area contributed by atoms with Crippen molar-refractivity contribution in [1.29, 1.82) is 0 Å². The normalized spacial score (nSPS) is 10.5. The molecule has 0 saturated carbocycles. The van der Waals surface area contributed by atoms with Crippen LogP contribution in [0, 0.1) is 24.0 Å². The molecule has 2 aromatic heterocycles. The van der Waals surface area contributed by atoms with Crippen LogP contribution in [-0.2, 0) is 6.54 Å². The molecule has 6 nitrogen and oxygen atoms in total. The lowest BCUT2D eigenvalue weighted by Crippen LogP contribution is -1.99. The molecule has 0 fully saturated rings. The molecule has 2 heterocycles. The zero-order valence-corrected chi connectivity index (χ0v) is 10.3. The number of aromatic nitrogens is 2. The summed E-state index contributed by atoms with van der Waals surface area (Å²) in [5.74, 6) is 0. The van der Waals surface area contributed by atoms with E-state index < -0.39 is 0 Å². The highest BCUT2D eigenvalue weighted by Crippen LogP contribution is 2.25. The standard InChI is InChI=1S/C10H12N4O2S/c1-6-10(7(2)13-12-6)11-5-8-3-4-9(17-8)14(15)16/h3-4,11H,5H2,1-2H3,(H,12,13). The van der Waals surface area contributed by atoms with Gasteiger partial charge in [-0.05, 0) is 19.9 Å². The van der Waals surface area contributed by atoms with E-state index in [9.17, 15) is 10.1 Å². The van der Waals surface area contributed by atoms with Gasteiger partial charge in [0.25, 0.3) is 0 Å². The Kier molecular flexibility index (Phi) is 3.10. The minimum atomic E-state index is -0.373. The molecule has 0 saturated heterocycles. The fourth-order valence-corrected chi connectivity index (χ4v) is 2.31. The SMILES string of the molecule is Cc1n[nH]c(C)c1NCc1ccc([N+](=O)[O-])s1. The van der Waals surface area contributed by atoms with E-state index in [1.165, 1.54) is 17.4 Å². The highest BCUT2D eigenvalue weighted by molar-refractivity contribution is 7.15. The molecule has 0 aliphatic carbocycles. The van der Waals surface area contributed by atoms with E-state index in [1.54, 1.807) is 6.07 Å². The van der Waals surface area contributed by atoms with Crippen LogP contribution in [0.2, 0.25) is 0 Å². The molecular formula is C10H12N4O2S. The predicted molar refractivity (Wildman–Crippen MR) is 66.4 cm³/mol. The van der Waals surface area contributed by atoms with Crippen molar-refractivity contribution in [2.24, 2.45) is 0 Å². The average molecular weight is 252 g/mol. The van der Waals surface area contributed by atoms with Gasteiger partial charge in [-0.2, -0.15) is 5.10 Å². The molecule has 2 rings (SSSR count). The second-order valence-corrected chi connectivity index (χ2v) is 4.81. The summed E-state index contributed by atoms with van der Waals surface area (Å²) in [6.45, 7) is 4.40. The Hall–Kier alpha value is -1.89. The summed E-state index contributed by atoms with van der Waals surface area (Å²) >= 11 is 1.18. The first kappa shape index (κ1) is 11.6. The number of aromatic amines is 1. The maximum absolute atomic E-state index is 10.5. The number of nitro groups is 1. The van der Waals surface area contributed by atoms with Gasteiger partial charge in [0.2, 0.25) is 0 Å². The smallest absolute Gasteiger partial charge is 0.324 e. The molecule has 0 aliphatic rings. The first-order chi connectivity index (χ1) is 8.08. The summed E-state index contributed by atoms with van der Waals surface area (Å²) in [7, 11) is 0. The Bertz CT molecular complexity index is 527. The Morgan fingerprint density at radius 3 is 2.82 bits per heavy atom. The number of H-pyrrole nitrogens is 1. The summed E-state index contributed by atoms with van der Waals surface area (Å²) < 4.78 is 0. The third kappa shape index (κ3) is 2.44. The van der Waals surface area contributed by atoms with E-state index in [4.69, 9.17) is 0 Å². The van der Waals surface area contributed by atoms with Crippen LogP contribution >= 0.6 is 11.3 Å². The largest absolute Gasteiger partial charge is 0.377 e. The summed E-state index contributed by atoms with van der Waals surface area (Å²) in [5, 5.41) is 20.9. The lowest BCUT2D eigenvalue weighted by molar-refractivity contribution is -0.380. The fraction of sp³-hybridized carbons (Fsp3) is 0.300. The number of nitrogens with one attached hydrogen (secondary N) is 2. The molecule has 90 valence electrons. The molecule has 17 heavy (non-hydrogen) atoms. The molecular weight excluding hydrogens is 240 g/mol. The monoisotopic (exact) mass is 252 g/mol. The summed E-state index contributed by atoms with van der Waals surface area (Å²) in [4.78, 5) is 11.1. The van der Waals surface area contributed by atoms with Gasteiger partial charge < -0.3 is 5.32 Å². The number of thiophene rings is 1. The van der Waals surface area contributed by atoms with Gasteiger partial charge in [-0.25, -0.2) is 0 Å². The maximum Gasteiger partial charge on any atom is 0.324 e. The molecule has 0 unspecified atom stereocenters. The van der Waals surface area contributed by atoms with Crippen LogP contribution in [0.3, 0.4) is 0 Å². The topological polar surface area (TPSA) is 83.8 Å². The van der Waals surface area contributed by atoms with Crippen molar-refractivity contribution in [1.82, 2.24) is 10.2 Å². The molecule has 2 N–H and O–H groups in total. The zero-order valence-electron chi connectivity index (χ0n) is 9.48. The molecule has 7 heteroatoms. The summed E-state index contributed by atoms with van der Waals surface area (Å²) in [5.41, 5.74) is 2.82. The van der Waals surface area contributed by atoms with Crippen molar-refractivity contribution in [2.75, 3.05) is 5.32 Å². The maximum atomic E-state index is 10.5. The van der Waals surface area contributed by atoms with Gasteiger partial charge in [-0.1, -0.05) is 11.3 Å². The number of anilines is 1. The van der Waals surface area contributed by atoms with Gasteiger partial charge in [-0.15, -0.1) is 0 Å². The van der Waals surface area contributed by atoms with Crippen LogP contribution in [0.5, 0.6) is 0 Å². The molecule has 0 amide bonds. The van der Waals surface area contributed by atoms with Crippen LogP contribution in [0.15, 0.2) is 12.1 Å². The van der Waals surface area contributed by atoms with Gasteiger partial charge in [0, 0.05) is 17.5 Å². The highest BCUT2D eigenvalue weighted by Gasteiger charge is 2.10. The Morgan fingerprint density at radius 2 is 2.29 bits per heavy atom. The highest BCUT2D eigenvalue weighted by atomic mass is 32.1. The van der Waals surface area contributed by atoms with E-state index >= 15 is 0 Å². The molecule has 0 spiro atoms. The van der Waals surface area contributed by atoms with Gasteiger partial charge in [0.05, 0.1) is 22.0 Å². The number of hydrogen-bond acceptors (Lipinski definition) is 5. The van der Waals surface area contributed by atoms with E-state index in [0.29, 0.717) is 6.54 Å². The second-order valence-electron chi connectivity index (χ2n) is 3.66. The molecule has 0 radical (unpaired) electrons. The molecule has 2 aromatic rings. The van der Waals surface area contributed by atoms with Crippen molar-refractivity contribution in [2.45, 2.75) is 20.4 Å². The van der Waals surface area contributed by atoms with Gasteiger partial charge in [-0.3, -0.25) is 15.2 Å². The summed E-state index contributed by atoms with van der Waals surface area (Å²) in [6, 6.07) is 3.29. The Labute approximate surface area is 102 Å². The predicted octanol–water partition coefficient (Wildman–Crippen LogP) is 2.61. The van der Waals surface area contributed by atoms with Gasteiger partial charge in [0.15, 0.2) is 0 Å². The molecule has 0 aromatic carbocycles. The van der Waals surface area contributed by atoms with Crippen LogP contribution in [-0.4, -0.2) is 15.1 Å². The van der Waals surface area contributed by atoms with Crippen molar-refractivity contribution in [3.63, 3.8) is 0 Å². The number of hydrogen-bond donors (Lipinski definition) is 2. The van der Waals surface area contributed by atoms with E-state index in [-0.39, 0.29) is 9.92 Å². The average Bonchev–Trinajstić information content (AvgIpc) is 2.85. The van der Waals surface area contributed by atoms with E-state index in [2.05, 4.69) is 15.5 Å². The molecule has 0 bridgehead atoms. The zero-order chi connectivity index (χ0) is 12.4. The second kappa shape index (κ2) is 4.54. The first-order valence-electron chi connectivity index (χ1n) is 5.06.